The van der Waals surface area contributed by atoms with E-state index in [0.29, 0.717) is 38.4 Å². The molecule has 1 amide bonds. The number of morpholine rings is 1. The van der Waals surface area contributed by atoms with Crippen molar-refractivity contribution in [1.82, 2.24) is 20.4 Å². The number of aromatic nitrogens is 3. The molecule has 0 saturated carbocycles. The SMILES string of the molecule is Cc1cc(N2CCOCC2)nc(CNC(=O)CCc2c(C)noc2C)n1. The molecule has 3 heterocycles. The molecule has 140 valence electrons. The summed E-state index contributed by atoms with van der Waals surface area (Å²) in [5.74, 6) is 2.24. The summed E-state index contributed by atoms with van der Waals surface area (Å²) >= 11 is 0. The maximum absolute atomic E-state index is 12.2. The molecule has 26 heavy (non-hydrogen) atoms. The Morgan fingerprint density at radius 2 is 2.00 bits per heavy atom. The predicted molar refractivity (Wildman–Crippen MR) is 95.9 cm³/mol. The van der Waals surface area contributed by atoms with Crippen molar-refractivity contribution < 1.29 is 14.1 Å². The fourth-order valence-corrected chi connectivity index (χ4v) is 3.01. The number of anilines is 1. The molecule has 0 unspecified atom stereocenters. The monoisotopic (exact) mass is 359 g/mol. The molecule has 1 fully saturated rings. The molecular formula is C18H25N5O3. The van der Waals surface area contributed by atoms with E-state index in [0.717, 1.165) is 41.6 Å². The number of carbonyl (C=O) groups is 1. The first-order chi connectivity index (χ1) is 12.5. The summed E-state index contributed by atoms with van der Waals surface area (Å²) in [5.41, 5.74) is 2.73. The second-order valence-electron chi connectivity index (χ2n) is 6.46. The van der Waals surface area contributed by atoms with E-state index in [2.05, 4.69) is 25.3 Å². The quantitative estimate of drug-likeness (QED) is 0.835. The van der Waals surface area contributed by atoms with Gasteiger partial charge in [-0.1, -0.05) is 5.16 Å². The van der Waals surface area contributed by atoms with Crippen LogP contribution in [0.1, 0.15) is 35.0 Å². The number of hydrogen-bond donors (Lipinski definition) is 1. The van der Waals surface area contributed by atoms with Gasteiger partial charge in [-0.3, -0.25) is 4.79 Å². The van der Waals surface area contributed by atoms with Crippen molar-refractivity contribution in [2.45, 2.75) is 40.2 Å². The third-order valence-electron chi connectivity index (χ3n) is 4.45. The lowest BCUT2D eigenvalue weighted by molar-refractivity contribution is -0.121. The molecule has 1 N–H and O–H groups in total. The van der Waals surface area contributed by atoms with Crippen LogP contribution >= 0.6 is 0 Å². The first-order valence-corrected chi connectivity index (χ1v) is 8.88. The summed E-state index contributed by atoms with van der Waals surface area (Å²) in [6, 6.07) is 1.97. The van der Waals surface area contributed by atoms with Gasteiger partial charge in [-0.15, -0.1) is 0 Å². The molecule has 1 aliphatic rings. The first-order valence-electron chi connectivity index (χ1n) is 8.88. The Bertz CT molecular complexity index is 749. The summed E-state index contributed by atoms with van der Waals surface area (Å²) in [7, 11) is 0. The van der Waals surface area contributed by atoms with Gasteiger partial charge in [-0.05, 0) is 27.2 Å². The highest BCUT2D eigenvalue weighted by Crippen LogP contribution is 2.15. The van der Waals surface area contributed by atoms with E-state index in [4.69, 9.17) is 9.26 Å². The molecule has 2 aromatic heterocycles. The number of rotatable bonds is 6. The van der Waals surface area contributed by atoms with Crippen molar-refractivity contribution in [2.75, 3.05) is 31.2 Å². The van der Waals surface area contributed by atoms with Crippen molar-refractivity contribution in [3.8, 4) is 0 Å². The van der Waals surface area contributed by atoms with Crippen LogP contribution in [0.3, 0.4) is 0 Å². The minimum atomic E-state index is -0.0389. The molecule has 8 nitrogen and oxygen atoms in total. The normalized spacial score (nSPS) is 14.5. The molecule has 3 rings (SSSR count). The number of nitrogens with one attached hydrogen (secondary N) is 1. The van der Waals surface area contributed by atoms with E-state index >= 15 is 0 Å². The standard InChI is InChI=1S/C18H25N5O3/c1-12-10-17(23-6-8-25-9-7-23)21-16(20-12)11-19-18(24)5-4-15-13(2)22-26-14(15)3/h10H,4-9,11H2,1-3H3,(H,19,24). The molecule has 2 aromatic rings. The van der Waals surface area contributed by atoms with Crippen molar-refractivity contribution in [3.05, 3.63) is 34.6 Å². The average Bonchev–Trinajstić information content (AvgIpc) is 2.96. The third kappa shape index (κ3) is 4.57. The summed E-state index contributed by atoms with van der Waals surface area (Å²) in [4.78, 5) is 23.4. The Balaban J connectivity index is 1.55. The zero-order valence-electron chi connectivity index (χ0n) is 15.5. The topological polar surface area (TPSA) is 93.4 Å². The van der Waals surface area contributed by atoms with E-state index in [1.165, 1.54) is 0 Å². The van der Waals surface area contributed by atoms with Crippen LogP contribution < -0.4 is 10.2 Å². The van der Waals surface area contributed by atoms with Crippen molar-refractivity contribution in [3.63, 3.8) is 0 Å². The van der Waals surface area contributed by atoms with Crippen LogP contribution in [0, 0.1) is 20.8 Å². The van der Waals surface area contributed by atoms with Gasteiger partial charge in [-0.2, -0.15) is 0 Å². The molecule has 1 saturated heterocycles. The lowest BCUT2D eigenvalue weighted by Crippen LogP contribution is -2.37. The highest BCUT2D eigenvalue weighted by atomic mass is 16.5. The second-order valence-corrected chi connectivity index (χ2v) is 6.46. The van der Waals surface area contributed by atoms with Crippen LogP contribution in [0.15, 0.2) is 10.6 Å². The van der Waals surface area contributed by atoms with Crippen LogP contribution in [-0.4, -0.2) is 47.3 Å². The maximum atomic E-state index is 12.2. The Hall–Kier alpha value is -2.48. The molecule has 0 aromatic carbocycles. The van der Waals surface area contributed by atoms with Crippen LogP contribution in [-0.2, 0) is 22.5 Å². The van der Waals surface area contributed by atoms with Crippen LogP contribution in [0.2, 0.25) is 0 Å². The Morgan fingerprint density at radius 3 is 2.69 bits per heavy atom. The van der Waals surface area contributed by atoms with Crippen molar-refractivity contribution in [1.29, 1.82) is 0 Å². The third-order valence-corrected chi connectivity index (χ3v) is 4.45. The van der Waals surface area contributed by atoms with Crippen LogP contribution in [0.4, 0.5) is 5.82 Å². The fourth-order valence-electron chi connectivity index (χ4n) is 3.01. The van der Waals surface area contributed by atoms with Gasteiger partial charge in [0.15, 0.2) is 0 Å². The van der Waals surface area contributed by atoms with Gasteiger partial charge in [0.25, 0.3) is 0 Å². The Kier molecular flexibility index (Phi) is 5.82. The van der Waals surface area contributed by atoms with E-state index in [9.17, 15) is 4.79 Å². The van der Waals surface area contributed by atoms with Gasteiger partial charge >= 0.3 is 0 Å². The van der Waals surface area contributed by atoms with Crippen molar-refractivity contribution >= 4 is 11.7 Å². The summed E-state index contributed by atoms with van der Waals surface area (Å²) in [6.07, 6.45) is 0.992. The summed E-state index contributed by atoms with van der Waals surface area (Å²) < 4.78 is 10.5. The molecule has 1 aliphatic heterocycles. The smallest absolute Gasteiger partial charge is 0.220 e. The van der Waals surface area contributed by atoms with Gasteiger partial charge in [0.2, 0.25) is 5.91 Å². The average molecular weight is 359 g/mol. The second kappa shape index (κ2) is 8.27. The van der Waals surface area contributed by atoms with E-state index in [-0.39, 0.29) is 5.91 Å². The molecule has 0 bridgehead atoms. The molecule has 0 spiro atoms. The van der Waals surface area contributed by atoms with Crippen LogP contribution in [0.25, 0.3) is 0 Å². The van der Waals surface area contributed by atoms with E-state index in [1.54, 1.807) is 0 Å². The molecular weight excluding hydrogens is 334 g/mol. The highest BCUT2D eigenvalue weighted by molar-refractivity contribution is 5.76. The fraction of sp³-hybridized carbons (Fsp3) is 0.556. The number of carbonyl (C=O) groups excluding carboxylic acids is 1. The number of hydrogen-bond acceptors (Lipinski definition) is 7. The minimum Gasteiger partial charge on any atom is -0.378 e. The number of ether oxygens (including phenoxy) is 1. The predicted octanol–water partition coefficient (Wildman–Crippen LogP) is 1.48. The lowest BCUT2D eigenvalue weighted by atomic mass is 10.1. The minimum absolute atomic E-state index is 0.0389. The molecule has 8 heteroatoms. The zero-order chi connectivity index (χ0) is 18.5. The Labute approximate surface area is 152 Å². The highest BCUT2D eigenvalue weighted by Gasteiger charge is 2.15. The first kappa shape index (κ1) is 18.3. The summed E-state index contributed by atoms with van der Waals surface area (Å²) in [6.45, 7) is 9.05. The van der Waals surface area contributed by atoms with Gasteiger partial charge in [0.05, 0.1) is 25.5 Å². The Morgan fingerprint density at radius 1 is 1.23 bits per heavy atom. The zero-order valence-corrected chi connectivity index (χ0v) is 15.5. The van der Waals surface area contributed by atoms with Gasteiger partial charge < -0.3 is 19.5 Å². The van der Waals surface area contributed by atoms with E-state index in [1.807, 2.05) is 26.8 Å². The lowest BCUT2D eigenvalue weighted by Gasteiger charge is -2.28. The number of amides is 1. The van der Waals surface area contributed by atoms with Gasteiger partial charge in [-0.25, -0.2) is 9.97 Å². The largest absolute Gasteiger partial charge is 0.378 e. The molecule has 0 atom stereocenters. The summed E-state index contributed by atoms with van der Waals surface area (Å²) in [5, 5.41) is 6.81. The van der Waals surface area contributed by atoms with Gasteiger partial charge in [0.1, 0.15) is 17.4 Å². The number of aryl methyl sites for hydroxylation is 3. The molecule has 0 aliphatic carbocycles. The van der Waals surface area contributed by atoms with Gasteiger partial charge in [0, 0.05) is 36.8 Å². The van der Waals surface area contributed by atoms with Crippen molar-refractivity contribution in [2.24, 2.45) is 0 Å². The number of nitrogens with zero attached hydrogens (tertiary/aromatic N) is 4. The molecule has 0 radical (unpaired) electrons. The van der Waals surface area contributed by atoms with Crippen LogP contribution in [0.5, 0.6) is 0 Å². The maximum Gasteiger partial charge on any atom is 0.220 e. The van der Waals surface area contributed by atoms with E-state index < -0.39 is 0 Å².